The molecule has 0 aliphatic carbocycles. The first-order valence-electron chi connectivity index (χ1n) is 9.73. The lowest BCUT2D eigenvalue weighted by atomic mass is 9.97. The van der Waals surface area contributed by atoms with Gasteiger partial charge in [-0.05, 0) is 37.1 Å². The predicted molar refractivity (Wildman–Crippen MR) is 124 cm³/mol. The van der Waals surface area contributed by atoms with E-state index >= 15 is 0 Å². The molecule has 0 saturated carbocycles. The lowest BCUT2D eigenvalue weighted by Crippen LogP contribution is -2.43. The van der Waals surface area contributed by atoms with Crippen LogP contribution in [-0.2, 0) is 20.6 Å². The summed E-state index contributed by atoms with van der Waals surface area (Å²) in [4.78, 5) is 13.6. The van der Waals surface area contributed by atoms with Gasteiger partial charge >= 0.3 is 0 Å². The molecule has 30 heavy (non-hydrogen) atoms. The molecule has 2 aromatic rings. The minimum atomic E-state index is -3.55. The Morgan fingerprint density at radius 3 is 2.30 bits per heavy atom. The summed E-state index contributed by atoms with van der Waals surface area (Å²) in [6.07, 6.45) is 1.01. The molecule has 1 amide bonds. The van der Waals surface area contributed by atoms with Crippen LogP contribution in [0.25, 0.3) is 0 Å². The highest BCUT2D eigenvalue weighted by Crippen LogP contribution is 2.29. The highest BCUT2D eigenvalue weighted by Gasteiger charge is 2.31. The van der Waals surface area contributed by atoms with Crippen LogP contribution >= 0.6 is 35.0 Å². The number of carbonyl (C=O) groups is 1. The Kier molecular flexibility index (Phi) is 8.48. The zero-order chi connectivity index (χ0) is 21.6. The first kappa shape index (κ1) is 23.4. The number of carbonyl (C=O) groups excluding carboxylic acids is 1. The third-order valence-corrected chi connectivity index (χ3v) is 8.55. The molecule has 3 rings (SSSR count). The Morgan fingerprint density at radius 1 is 1.03 bits per heavy atom. The molecule has 1 N–H and O–H groups in total. The van der Waals surface area contributed by atoms with Gasteiger partial charge in [-0.15, -0.1) is 11.8 Å². The van der Waals surface area contributed by atoms with Gasteiger partial charge in [-0.1, -0.05) is 47.5 Å². The van der Waals surface area contributed by atoms with E-state index in [-0.39, 0.29) is 17.6 Å². The van der Waals surface area contributed by atoms with Gasteiger partial charge in [-0.25, -0.2) is 12.7 Å². The Hall–Kier alpha value is -1.25. The van der Waals surface area contributed by atoms with Crippen molar-refractivity contribution in [3.63, 3.8) is 0 Å². The number of rotatable bonds is 8. The van der Waals surface area contributed by atoms with Crippen molar-refractivity contribution in [1.82, 2.24) is 9.62 Å². The molecule has 5 nitrogen and oxygen atoms in total. The number of piperidine rings is 1. The fourth-order valence-corrected chi connectivity index (χ4v) is 6.45. The summed E-state index contributed by atoms with van der Waals surface area (Å²) in [5.41, 5.74) is 0.414. The van der Waals surface area contributed by atoms with E-state index in [9.17, 15) is 13.2 Å². The van der Waals surface area contributed by atoms with Crippen molar-refractivity contribution in [2.24, 2.45) is 5.92 Å². The number of sulfonamides is 1. The van der Waals surface area contributed by atoms with E-state index in [1.54, 1.807) is 30.0 Å². The molecular weight excluding hydrogens is 463 g/mol. The van der Waals surface area contributed by atoms with Gasteiger partial charge in [-0.3, -0.25) is 4.79 Å². The third kappa shape index (κ3) is 6.37. The topological polar surface area (TPSA) is 66.5 Å². The van der Waals surface area contributed by atoms with Crippen molar-refractivity contribution in [1.29, 1.82) is 0 Å². The highest BCUT2D eigenvalue weighted by molar-refractivity contribution is 7.99. The maximum atomic E-state index is 12.8. The Morgan fingerprint density at radius 2 is 1.67 bits per heavy atom. The lowest BCUT2D eigenvalue weighted by Gasteiger charge is -2.30. The molecule has 1 aliphatic heterocycles. The van der Waals surface area contributed by atoms with Gasteiger partial charge in [0.25, 0.3) is 0 Å². The molecule has 0 atom stereocenters. The van der Waals surface area contributed by atoms with Crippen LogP contribution in [-0.4, -0.2) is 44.0 Å². The van der Waals surface area contributed by atoms with Gasteiger partial charge in [0.2, 0.25) is 15.9 Å². The number of nitrogens with zero attached hydrogens (tertiary/aromatic N) is 1. The van der Waals surface area contributed by atoms with Crippen LogP contribution in [0, 0.1) is 5.92 Å². The van der Waals surface area contributed by atoms with Crippen LogP contribution in [0.1, 0.15) is 18.4 Å². The number of nitrogens with one attached hydrogen (secondary N) is 1. The third-order valence-electron chi connectivity index (χ3n) is 5.02. The Bertz CT molecular complexity index is 943. The van der Waals surface area contributed by atoms with Gasteiger partial charge in [0, 0.05) is 51.8 Å². The van der Waals surface area contributed by atoms with Gasteiger partial charge in [0.15, 0.2) is 0 Å². The summed E-state index contributed by atoms with van der Waals surface area (Å²) in [5, 5.41) is 3.65. The number of thioether (sulfide) groups is 1. The van der Waals surface area contributed by atoms with E-state index in [0.29, 0.717) is 48.1 Å². The number of benzene rings is 2. The van der Waals surface area contributed by atoms with E-state index in [1.165, 1.54) is 9.20 Å². The minimum absolute atomic E-state index is 0.00476. The minimum Gasteiger partial charge on any atom is -0.355 e. The molecule has 162 valence electrons. The maximum Gasteiger partial charge on any atom is 0.223 e. The molecule has 0 radical (unpaired) electrons. The fraction of sp³-hybridized carbons (Fsp3) is 0.381. The molecule has 0 spiro atoms. The quantitative estimate of drug-likeness (QED) is 0.442. The van der Waals surface area contributed by atoms with Crippen LogP contribution in [0.5, 0.6) is 0 Å². The van der Waals surface area contributed by atoms with Crippen LogP contribution in [0.4, 0.5) is 0 Å². The lowest BCUT2D eigenvalue weighted by molar-refractivity contribution is -0.125. The average molecular weight is 487 g/mol. The van der Waals surface area contributed by atoms with Crippen molar-refractivity contribution in [2.75, 3.05) is 25.4 Å². The van der Waals surface area contributed by atoms with Crippen molar-refractivity contribution in [3.8, 4) is 0 Å². The predicted octanol–water partition coefficient (Wildman–Crippen LogP) is 4.44. The average Bonchev–Trinajstić information content (AvgIpc) is 2.75. The molecule has 1 heterocycles. The van der Waals surface area contributed by atoms with E-state index in [0.717, 1.165) is 5.75 Å². The molecule has 1 aliphatic rings. The standard InChI is InChI=1S/C21H24Cl2N2O3S2/c22-19-7-4-8-20(23)18(19)15-30(27,28)25-12-9-16(10-13-25)21(26)24-11-14-29-17-5-2-1-3-6-17/h1-8,16H,9-15H2,(H,24,26). The molecule has 0 unspecified atom stereocenters. The number of amides is 1. The number of hydrogen-bond donors (Lipinski definition) is 1. The molecule has 1 fully saturated rings. The normalized spacial score (nSPS) is 15.8. The van der Waals surface area contributed by atoms with Crippen LogP contribution < -0.4 is 5.32 Å². The van der Waals surface area contributed by atoms with Gasteiger partial charge in [0.05, 0.1) is 5.75 Å². The molecule has 1 saturated heterocycles. The van der Waals surface area contributed by atoms with Gasteiger partial charge in [0.1, 0.15) is 0 Å². The van der Waals surface area contributed by atoms with Crippen molar-refractivity contribution in [3.05, 3.63) is 64.1 Å². The van der Waals surface area contributed by atoms with E-state index in [1.807, 2.05) is 30.3 Å². The highest BCUT2D eigenvalue weighted by atomic mass is 35.5. The first-order chi connectivity index (χ1) is 14.4. The monoisotopic (exact) mass is 486 g/mol. The van der Waals surface area contributed by atoms with Crippen LogP contribution in [0.2, 0.25) is 10.0 Å². The zero-order valence-electron chi connectivity index (χ0n) is 16.4. The van der Waals surface area contributed by atoms with E-state index in [2.05, 4.69) is 5.32 Å². The van der Waals surface area contributed by atoms with Crippen molar-refractivity contribution >= 4 is 50.9 Å². The summed E-state index contributed by atoms with van der Waals surface area (Å²) in [6, 6.07) is 15.0. The fourth-order valence-electron chi connectivity index (χ4n) is 3.34. The van der Waals surface area contributed by atoms with E-state index in [4.69, 9.17) is 23.2 Å². The second kappa shape index (κ2) is 10.9. The second-order valence-corrected chi connectivity index (χ2v) is 11.0. The van der Waals surface area contributed by atoms with Gasteiger partial charge < -0.3 is 5.32 Å². The summed E-state index contributed by atoms with van der Waals surface area (Å²) in [7, 11) is -3.55. The molecule has 0 bridgehead atoms. The molecule has 9 heteroatoms. The summed E-state index contributed by atoms with van der Waals surface area (Å²) >= 11 is 13.9. The SMILES string of the molecule is O=C(NCCSc1ccccc1)C1CCN(S(=O)(=O)Cc2c(Cl)cccc2Cl)CC1. The zero-order valence-corrected chi connectivity index (χ0v) is 19.5. The molecule has 0 aromatic heterocycles. The van der Waals surface area contributed by atoms with Gasteiger partial charge in [-0.2, -0.15) is 0 Å². The van der Waals surface area contributed by atoms with E-state index < -0.39 is 10.0 Å². The number of halogens is 2. The summed E-state index contributed by atoms with van der Waals surface area (Å²) in [6.45, 7) is 1.23. The number of hydrogen-bond acceptors (Lipinski definition) is 4. The summed E-state index contributed by atoms with van der Waals surface area (Å²) in [5.74, 6) is 0.387. The second-order valence-electron chi connectivity index (χ2n) is 7.08. The van der Waals surface area contributed by atoms with Crippen molar-refractivity contribution < 1.29 is 13.2 Å². The maximum absolute atomic E-state index is 12.8. The first-order valence-corrected chi connectivity index (χ1v) is 13.1. The largest absolute Gasteiger partial charge is 0.355 e. The Balaban J connectivity index is 1.45. The summed E-state index contributed by atoms with van der Waals surface area (Å²) < 4.78 is 27.0. The molecular formula is C21H24Cl2N2O3S2. The Labute approximate surface area is 192 Å². The van der Waals surface area contributed by atoms with Crippen LogP contribution in [0.15, 0.2) is 53.4 Å². The smallest absolute Gasteiger partial charge is 0.223 e. The van der Waals surface area contributed by atoms with Crippen molar-refractivity contribution in [2.45, 2.75) is 23.5 Å². The molecule has 2 aromatic carbocycles. The van der Waals surface area contributed by atoms with Crippen LogP contribution in [0.3, 0.4) is 0 Å².